The van der Waals surface area contributed by atoms with Crippen LogP contribution in [0.3, 0.4) is 0 Å². The zero-order chi connectivity index (χ0) is 28.8. The Balaban J connectivity index is 1.71. The SMILES string of the molecule is NC(=S)N(/N=C1\C(=O)N(Cc2cccc3ccccc23)c2c1cccc2C(F)(F)F)c1ccccc1S(N)(=O)=O. The molecule has 0 bridgehead atoms. The van der Waals surface area contributed by atoms with Crippen LogP contribution < -0.4 is 20.8 Å². The summed E-state index contributed by atoms with van der Waals surface area (Å²) in [6, 6.07) is 21.4. The lowest BCUT2D eigenvalue weighted by atomic mass is 10.0. The topological polar surface area (TPSA) is 122 Å². The lowest BCUT2D eigenvalue weighted by Crippen LogP contribution is -2.36. The molecular weight excluding hydrogens is 563 g/mol. The molecule has 1 heterocycles. The van der Waals surface area contributed by atoms with Gasteiger partial charge >= 0.3 is 6.18 Å². The smallest absolute Gasteiger partial charge is 0.374 e. The number of hydrazone groups is 1. The van der Waals surface area contributed by atoms with Crippen LogP contribution in [-0.2, 0) is 27.5 Å². The van der Waals surface area contributed by atoms with Gasteiger partial charge in [-0.1, -0.05) is 66.7 Å². The van der Waals surface area contributed by atoms with Crippen LogP contribution in [0.15, 0.2) is 94.9 Å². The van der Waals surface area contributed by atoms with Gasteiger partial charge in [-0.05, 0) is 46.8 Å². The first kappa shape index (κ1) is 27.2. The lowest BCUT2D eigenvalue weighted by Gasteiger charge is -2.22. The molecule has 204 valence electrons. The number of nitrogens with zero attached hydrogens (tertiary/aromatic N) is 3. The maximum Gasteiger partial charge on any atom is 0.418 e. The highest BCUT2D eigenvalue weighted by atomic mass is 32.2. The highest BCUT2D eigenvalue weighted by molar-refractivity contribution is 7.89. The number of para-hydroxylation sites is 2. The average Bonchev–Trinajstić information content (AvgIpc) is 3.16. The van der Waals surface area contributed by atoms with Crippen LogP contribution in [0.4, 0.5) is 24.5 Å². The molecular formula is C27H20F3N5O3S2. The van der Waals surface area contributed by atoms with Crippen LogP contribution in [0.1, 0.15) is 16.7 Å². The van der Waals surface area contributed by atoms with Crippen molar-refractivity contribution in [3.8, 4) is 0 Å². The third kappa shape index (κ3) is 4.90. The Bertz CT molecular complexity index is 1820. The van der Waals surface area contributed by atoms with Crippen molar-refractivity contribution in [3.63, 3.8) is 0 Å². The Hall–Kier alpha value is -4.33. The molecule has 1 aliphatic rings. The van der Waals surface area contributed by atoms with Gasteiger partial charge in [0.05, 0.1) is 23.5 Å². The molecule has 5 rings (SSSR count). The second kappa shape index (κ2) is 10.0. The number of hydrogen-bond donors (Lipinski definition) is 2. The van der Waals surface area contributed by atoms with Crippen LogP contribution in [-0.4, -0.2) is 25.1 Å². The first-order valence-corrected chi connectivity index (χ1v) is 13.6. The largest absolute Gasteiger partial charge is 0.418 e. The number of halogens is 3. The first-order chi connectivity index (χ1) is 18.9. The predicted molar refractivity (Wildman–Crippen MR) is 150 cm³/mol. The summed E-state index contributed by atoms with van der Waals surface area (Å²) in [7, 11) is -4.29. The van der Waals surface area contributed by atoms with Crippen molar-refractivity contribution in [2.24, 2.45) is 16.0 Å². The Morgan fingerprint density at radius 1 is 0.950 bits per heavy atom. The maximum absolute atomic E-state index is 14.2. The maximum atomic E-state index is 14.2. The van der Waals surface area contributed by atoms with Crippen LogP contribution in [0, 0.1) is 0 Å². The fraction of sp³-hybridized carbons (Fsp3) is 0.0741. The van der Waals surface area contributed by atoms with Crippen molar-refractivity contribution in [2.45, 2.75) is 17.6 Å². The van der Waals surface area contributed by atoms with Gasteiger partial charge in [0.2, 0.25) is 10.0 Å². The van der Waals surface area contributed by atoms with Crippen molar-refractivity contribution in [1.29, 1.82) is 0 Å². The van der Waals surface area contributed by atoms with Crippen LogP contribution in [0.5, 0.6) is 0 Å². The van der Waals surface area contributed by atoms with Gasteiger partial charge < -0.3 is 10.6 Å². The van der Waals surface area contributed by atoms with Gasteiger partial charge in [-0.2, -0.15) is 18.3 Å². The van der Waals surface area contributed by atoms with E-state index in [0.717, 1.165) is 32.8 Å². The summed E-state index contributed by atoms with van der Waals surface area (Å²) in [6.45, 7) is -0.194. The van der Waals surface area contributed by atoms with Gasteiger partial charge in [-0.3, -0.25) is 4.79 Å². The molecule has 0 atom stereocenters. The summed E-state index contributed by atoms with van der Waals surface area (Å²) < 4.78 is 67.0. The van der Waals surface area contributed by atoms with Crippen molar-refractivity contribution >= 4 is 61.1 Å². The molecule has 0 aliphatic carbocycles. The summed E-state index contributed by atoms with van der Waals surface area (Å²) in [5.74, 6) is -0.853. The van der Waals surface area contributed by atoms with Crippen LogP contribution in [0.2, 0.25) is 0 Å². The Morgan fingerprint density at radius 3 is 2.30 bits per heavy atom. The summed E-state index contributed by atoms with van der Waals surface area (Å²) >= 11 is 5.08. The van der Waals surface area contributed by atoms with Crippen molar-refractivity contribution < 1.29 is 26.4 Å². The third-order valence-corrected chi connectivity index (χ3v) is 7.46. The number of hydrogen-bond acceptors (Lipinski definition) is 5. The number of benzene rings is 4. The Morgan fingerprint density at radius 2 is 1.60 bits per heavy atom. The minimum absolute atomic E-state index is 0.116. The van der Waals surface area contributed by atoms with Gasteiger partial charge in [-0.25, -0.2) is 18.6 Å². The number of amides is 1. The number of carbonyl (C=O) groups excluding carboxylic acids is 1. The molecule has 0 radical (unpaired) electrons. The van der Waals surface area contributed by atoms with Gasteiger partial charge in [0.1, 0.15) is 4.90 Å². The van der Waals surface area contributed by atoms with Crippen LogP contribution >= 0.6 is 12.2 Å². The van der Waals surface area contributed by atoms with E-state index in [1.54, 1.807) is 18.2 Å². The first-order valence-electron chi connectivity index (χ1n) is 11.7. The van der Waals surface area contributed by atoms with E-state index in [1.807, 2.05) is 24.3 Å². The highest BCUT2D eigenvalue weighted by Gasteiger charge is 2.44. The fourth-order valence-corrected chi connectivity index (χ4v) is 5.49. The second-order valence-electron chi connectivity index (χ2n) is 8.84. The number of carbonyl (C=O) groups is 1. The van der Waals surface area contributed by atoms with Crippen molar-refractivity contribution in [2.75, 3.05) is 9.91 Å². The van der Waals surface area contributed by atoms with E-state index in [1.165, 1.54) is 30.3 Å². The van der Waals surface area contributed by atoms with Gasteiger partial charge in [0, 0.05) is 5.56 Å². The number of thiocarbonyl (C=S) groups is 1. The molecule has 1 amide bonds. The molecule has 40 heavy (non-hydrogen) atoms. The summed E-state index contributed by atoms with van der Waals surface area (Å²) in [4.78, 5) is 14.4. The molecule has 13 heteroatoms. The standard InChI is InChI=1S/C27H20F3N5O3S2/c28-27(29,30)20-12-6-11-19-23(33-35(26(31)39)21-13-3-4-14-22(21)40(32,37)38)25(36)34(24(19)20)15-17-9-5-8-16-7-1-2-10-18(16)17/h1-14H,15H2,(H2,31,39)(H2,32,37,38)/b33-23-. The molecule has 4 aromatic carbocycles. The molecule has 4 aromatic rings. The van der Waals surface area contributed by atoms with E-state index in [4.69, 9.17) is 23.1 Å². The van der Waals surface area contributed by atoms with Gasteiger partial charge in [0.25, 0.3) is 5.91 Å². The highest BCUT2D eigenvalue weighted by Crippen LogP contribution is 2.43. The van der Waals surface area contributed by atoms with E-state index in [-0.39, 0.29) is 23.5 Å². The Kier molecular flexibility index (Phi) is 6.82. The summed E-state index contributed by atoms with van der Waals surface area (Å²) in [6.07, 6.45) is -4.79. The molecule has 0 unspecified atom stereocenters. The van der Waals surface area contributed by atoms with Crippen molar-refractivity contribution in [1.82, 2.24) is 0 Å². The molecule has 0 saturated heterocycles. The number of sulfonamides is 1. The second-order valence-corrected chi connectivity index (χ2v) is 10.8. The number of rotatable bonds is 5. The number of primary sulfonamides is 1. The minimum Gasteiger partial charge on any atom is -0.374 e. The minimum atomic E-state index is -4.79. The molecule has 0 saturated carbocycles. The lowest BCUT2D eigenvalue weighted by molar-refractivity contribution is -0.137. The summed E-state index contributed by atoms with van der Waals surface area (Å²) in [5, 5.41) is 11.5. The summed E-state index contributed by atoms with van der Waals surface area (Å²) in [5.41, 5.74) is 4.37. The number of fused-ring (bicyclic) bond motifs is 2. The van der Waals surface area contributed by atoms with E-state index < -0.39 is 43.4 Å². The molecule has 4 N–H and O–H groups in total. The molecule has 8 nitrogen and oxygen atoms in total. The van der Waals surface area contributed by atoms with E-state index in [2.05, 4.69) is 5.10 Å². The number of nitrogens with two attached hydrogens (primary N) is 2. The van der Waals surface area contributed by atoms with Crippen molar-refractivity contribution in [3.05, 3.63) is 102 Å². The average molecular weight is 584 g/mol. The van der Waals surface area contributed by atoms with E-state index in [9.17, 15) is 26.4 Å². The molecule has 1 aliphatic heterocycles. The monoisotopic (exact) mass is 583 g/mol. The molecule has 0 fully saturated rings. The normalized spacial score (nSPS) is 14.6. The Labute approximate surface area is 232 Å². The molecule has 0 spiro atoms. The van der Waals surface area contributed by atoms with Gasteiger partial charge in [0.15, 0.2) is 10.8 Å². The predicted octanol–water partition coefficient (Wildman–Crippen LogP) is 4.51. The van der Waals surface area contributed by atoms with E-state index >= 15 is 0 Å². The third-order valence-electron chi connectivity index (χ3n) is 6.33. The van der Waals surface area contributed by atoms with E-state index in [0.29, 0.717) is 5.56 Å². The fourth-order valence-electron chi connectivity index (χ4n) is 4.64. The van der Waals surface area contributed by atoms with Gasteiger partial charge in [-0.15, -0.1) is 0 Å². The van der Waals surface area contributed by atoms with Crippen LogP contribution in [0.25, 0.3) is 10.8 Å². The zero-order valence-corrected chi connectivity index (χ0v) is 22.1. The zero-order valence-electron chi connectivity index (χ0n) is 20.5. The quantitative estimate of drug-likeness (QED) is 0.264. The molecule has 0 aromatic heterocycles. The number of anilines is 2. The number of alkyl halides is 3.